The Morgan fingerprint density at radius 2 is 1.88 bits per heavy atom. The van der Waals surface area contributed by atoms with Gasteiger partial charge in [-0.2, -0.15) is 0 Å². The van der Waals surface area contributed by atoms with Crippen LogP contribution in [0.5, 0.6) is 0 Å². The normalized spacial score (nSPS) is 12.5. The van der Waals surface area contributed by atoms with Crippen molar-refractivity contribution >= 4 is 69.5 Å². The fourth-order valence-corrected chi connectivity index (χ4v) is 5.43. The Labute approximate surface area is 175 Å². The van der Waals surface area contributed by atoms with Gasteiger partial charge in [0.2, 0.25) is 0 Å². The van der Waals surface area contributed by atoms with Crippen LogP contribution in [-0.4, -0.2) is 14.8 Å². The molecule has 0 N–H and O–H groups in total. The average Bonchev–Trinajstić information content (AvgIpc) is 3.22. The van der Waals surface area contributed by atoms with Crippen LogP contribution in [0.4, 0.5) is 0 Å². The Bertz CT molecular complexity index is 833. The first-order valence-electron chi connectivity index (χ1n) is 7.52. The van der Waals surface area contributed by atoms with Gasteiger partial charge < -0.3 is 4.57 Å². The van der Waals surface area contributed by atoms with Gasteiger partial charge in [-0.05, 0) is 37.1 Å². The number of aryl methyl sites for hydroxylation is 1. The van der Waals surface area contributed by atoms with E-state index in [2.05, 4.69) is 15.6 Å². The van der Waals surface area contributed by atoms with Crippen molar-refractivity contribution in [3.05, 3.63) is 67.3 Å². The van der Waals surface area contributed by atoms with Crippen LogP contribution in [0, 0.1) is 0 Å². The van der Waals surface area contributed by atoms with E-state index < -0.39 is 0 Å². The third-order valence-corrected chi connectivity index (χ3v) is 7.33. The topological polar surface area (TPSA) is 17.8 Å². The van der Waals surface area contributed by atoms with Crippen molar-refractivity contribution in [3.8, 4) is 0 Å². The van der Waals surface area contributed by atoms with Crippen LogP contribution in [0.15, 0.2) is 47.9 Å². The first-order valence-corrected chi connectivity index (χ1v) is 10.7. The van der Waals surface area contributed by atoms with Crippen LogP contribution >= 0.6 is 69.5 Å². The Morgan fingerprint density at radius 1 is 1.08 bits per heavy atom. The first-order chi connectivity index (χ1) is 12.0. The second kappa shape index (κ2) is 9.03. The number of thiophene rings is 1. The lowest BCUT2D eigenvalue weighted by Gasteiger charge is -2.18. The molecule has 0 fully saturated rings. The maximum Gasteiger partial charge on any atom is 0.0946 e. The average molecular weight is 452 g/mol. The van der Waals surface area contributed by atoms with Crippen molar-refractivity contribution in [3.63, 3.8) is 0 Å². The number of aromatic nitrogens is 2. The lowest BCUT2D eigenvalue weighted by Crippen LogP contribution is -2.13. The van der Waals surface area contributed by atoms with Crippen LogP contribution in [0.1, 0.15) is 11.3 Å². The second-order valence-electron chi connectivity index (χ2n) is 5.44. The molecule has 132 valence electrons. The molecule has 0 aliphatic heterocycles. The first kappa shape index (κ1) is 19.4. The molecule has 0 aliphatic carbocycles. The minimum Gasteiger partial charge on any atom is -0.336 e. The number of halogens is 4. The fraction of sp³-hybridized carbons (Fsp3) is 0.235. The minimum absolute atomic E-state index is 0.310. The summed E-state index contributed by atoms with van der Waals surface area (Å²) in [6.45, 7) is 0.834. The van der Waals surface area contributed by atoms with E-state index in [1.54, 1.807) is 35.4 Å². The van der Waals surface area contributed by atoms with E-state index in [9.17, 15) is 0 Å². The zero-order valence-corrected chi connectivity index (χ0v) is 17.6. The van der Waals surface area contributed by atoms with E-state index >= 15 is 0 Å². The molecule has 0 saturated carbocycles. The Hall–Kier alpha value is -0.360. The highest BCUT2D eigenvalue weighted by Crippen LogP contribution is 2.38. The number of imidazole rings is 1. The second-order valence-corrected chi connectivity index (χ2v) is 9.80. The standard InChI is InChI=1S/C17H14Cl4N2S2/c18-13-7-15(20)16(8-14(13)19)24-12(9-23-6-5-22-10-23)2-1-11-3-4-17(21)25-11/h3-8,10,12H,1-2,9H2. The molecule has 2 aromatic heterocycles. The molecule has 0 radical (unpaired) electrons. The Balaban J connectivity index is 1.74. The third kappa shape index (κ3) is 5.56. The largest absolute Gasteiger partial charge is 0.336 e. The van der Waals surface area contributed by atoms with E-state index in [4.69, 9.17) is 46.4 Å². The molecule has 2 nitrogen and oxygen atoms in total. The lowest BCUT2D eigenvalue weighted by molar-refractivity contribution is 0.626. The van der Waals surface area contributed by atoms with Crippen LogP contribution in [0.3, 0.4) is 0 Å². The van der Waals surface area contributed by atoms with E-state index in [0.29, 0.717) is 20.3 Å². The molecular weight excluding hydrogens is 438 g/mol. The number of hydrogen-bond acceptors (Lipinski definition) is 3. The summed E-state index contributed by atoms with van der Waals surface area (Å²) in [5, 5.41) is 1.91. The molecule has 8 heteroatoms. The van der Waals surface area contributed by atoms with Crippen LogP contribution in [0.25, 0.3) is 0 Å². The van der Waals surface area contributed by atoms with Gasteiger partial charge in [-0.15, -0.1) is 23.1 Å². The van der Waals surface area contributed by atoms with E-state index in [1.165, 1.54) is 4.88 Å². The summed E-state index contributed by atoms with van der Waals surface area (Å²) in [6.07, 6.45) is 7.52. The van der Waals surface area contributed by atoms with Crippen molar-refractivity contribution in [2.45, 2.75) is 29.5 Å². The molecule has 0 bridgehead atoms. The van der Waals surface area contributed by atoms with Gasteiger partial charge in [-0.1, -0.05) is 46.4 Å². The number of rotatable bonds is 7. The molecule has 0 amide bonds. The van der Waals surface area contributed by atoms with Gasteiger partial charge in [0.25, 0.3) is 0 Å². The molecule has 3 aromatic rings. The number of nitrogens with zero attached hydrogens (tertiary/aromatic N) is 2. The maximum atomic E-state index is 6.35. The maximum absolute atomic E-state index is 6.35. The van der Waals surface area contributed by atoms with E-state index in [0.717, 1.165) is 28.6 Å². The molecular formula is C17H14Cl4N2S2. The monoisotopic (exact) mass is 450 g/mol. The third-order valence-electron chi connectivity index (χ3n) is 3.58. The summed E-state index contributed by atoms with van der Waals surface area (Å²) in [7, 11) is 0. The molecule has 0 aliphatic rings. The van der Waals surface area contributed by atoms with Crippen molar-refractivity contribution in [1.82, 2.24) is 9.55 Å². The van der Waals surface area contributed by atoms with Crippen molar-refractivity contribution in [2.24, 2.45) is 0 Å². The van der Waals surface area contributed by atoms with Gasteiger partial charge in [-0.3, -0.25) is 0 Å². The Morgan fingerprint density at radius 3 is 2.56 bits per heavy atom. The van der Waals surface area contributed by atoms with Gasteiger partial charge in [-0.25, -0.2) is 4.98 Å². The molecule has 1 atom stereocenters. The van der Waals surface area contributed by atoms with Crippen molar-refractivity contribution < 1.29 is 0 Å². The van der Waals surface area contributed by atoms with E-state index in [-0.39, 0.29) is 0 Å². The molecule has 1 aromatic carbocycles. The zero-order valence-electron chi connectivity index (χ0n) is 13.0. The minimum atomic E-state index is 0.310. The van der Waals surface area contributed by atoms with Crippen molar-refractivity contribution in [1.29, 1.82) is 0 Å². The van der Waals surface area contributed by atoms with Gasteiger partial charge >= 0.3 is 0 Å². The smallest absolute Gasteiger partial charge is 0.0946 e. The van der Waals surface area contributed by atoms with Gasteiger partial charge in [0.05, 0.1) is 25.7 Å². The summed E-state index contributed by atoms with van der Waals surface area (Å²) >= 11 is 27.9. The predicted octanol–water partition coefficient (Wildman–Crippen LogP) is 7.35. The van der Waals surface area contributed by atoms with Crippen molar-refractivity contribution in [2.75, 3.05) is 0 Å². The van der Waals surface area contributed by atoms with Crippen LogP contribution in [-0.2, 0) is 13.0 Å². The highest BCUT2D eigenvalue weighted by Gasteiger charge is 2.16. The molecule has 3 rings (SSSR count). The molecule has 0 spiro atoms. The van der Waals surface area contributed by atoms with Gasteiger partial charge in [0.1, 0.15) is 0 Å². The summed E-state index contributed by atoms with van der Waals surface area (Å²) in [6, 6.07) is 7.55. The zero-order chi connectivity index (χ0) is 17.8. The number of thioether (sulfide) groups is 1. The summed E-state index contributed by atoms with van der Waals surface area (Å²) in [4.78, 5) is 6.34. The highest BCUT2D eigenvalue weighted by molar-refractivity contribution is 8.00. The SMILES string of the molecule is Clc1ccc(CCC(Cn2ccnc2)Sc2cc(Cl)c(Cl)cc2Cl)s1. The Kier molecular flexibility index (Phi) is 7.01. The van der Waals surface area contributed by atoms with Gasteiger partial charge in [0.15, 0.2) is 0 Å². The van der Waals surface area contributed by atoms with Crippen LogP contribution in [0.2, 0.25) is 19.4 Å². The molecule has 1 unspecified atom stereocenters. The summed E-state index contributed by atoms with van der Waals surface area (Å²) in [5.41, 5.74) is 0. The predicted molar refractivity (Wildman–Crippen MR) is 111 cm³/mol. The summed E-state index contributed by atoms with van der Waals surface area (Å²) in [5.74, 6) is 0. The fourth-order valence-electron chi connectivity index (χ4n) is 2.38. The summed E-state index contributed by atoms with van der Waals surface area (Å²) < 4.78 is 2.89. The molecule has 25 heavy (non-hydrogen) atoms. The number of benzene rings is 1. The van der Waals surface area contributed by atoms with Gasteiger partial charge in [0, 0.05) is 34.0 Å². The number of hydrogen-bond donors (Lipinski definition) is 0. The quantitative estimate of drug-likeness (QED) is 0.276. The highest BCUT2D eigenvalue weighted by atomic mass is 35.5. The molecule has 0 saturated heterocycles. The molecule has 2 heterocycles. The lowest BCUT2D eigenvalue weighted by atomic mass is 10.2. The van der Waals surface area contributed by atoms with Crippen LogP contribution < -0.4 is 0 Å². The van der Waals surface area contributed by atoms with E-state index in [1.807, 2.05) is 24.7 Å².